The van der Waals surface area contributed by atoms with Gasteiger partial charge in [-0.1, -0.05) is 78.9 Å². The highest BCUT2D eigenvalue weighted by Crippen LogP contribution is 2.65. The molecule has 0 saturated heterocycles. The van der Waals surface area contributed by atoms with E-state index in [1.165, 1.54) is 49.5 Å². The van der Waals surface area contributed by atoms with Crippen molar-refractivity contribution in [2.24, 2.45) is 0 Å². The van der Waals surface area contributed by atoms with Crippen molar-refractivity contribution in [1.82, 2.24) is 4.57 Å². The molecule has 0 saturated carbocycles. The quantitative estimate of drug-likeness (QED) is 0.253. The van der Waals surface area contributed by atoms with Gasteiger partial charge in [-0.25, -0.2) is 0 Å². The normalized spacial score (nSPS) is 15.4. The van der Waals surface area contributed by atoms with Crippen LogP contribution in [-0.2, 0) is 5.12 Å². The number of hydrogen-bond donors (Lipinski definition) is 0. The van der Waals surface area contributed by atoms with Gasteiger partial charge in [0.15, 0.2) is 0 Å². The minimum Gasteiger partial charge on any atom is -0.289 e. The van der Waals surface area contributed by atoms with Gasteiger partial charge in [0, 0.05) is 27.0 Å². The van der Waals surface area contributed by atoms with Crippen molar-refractivity contribution < 1.29 is 0 Å². The van der Waals surface area contributed by atoms with E-state index in [-0.39, 0.29) is 0 Å². The Bertz CT molecular complexity index is 1670. The van der Waals surface area contributed by atoms with Gasteiger partial charge in [-0.15, -0.1) is 0 Å². The van der Waals surface area contributed by atoms with E-state index in [1.54, 1.807) is 0 Å². The van der Waals surface area contributed by atoms with Crippen LogP contribution in [0, 0.1) is 0 Å². The summed E-state index contributed by atoms with van der Waals surface area (Å²) >= 11 is 1.92. The van der Waals surface area contributed by atoms with Gasteiger partial charge in [-0.3, -0.25) is 14.4 Å². The molecular formula is C31H21N3S. The minimum atomic E-state index is -0.572. The van der Waals surface area contributed by atoms with Crippen molar-refractivity contribution in [3.8, 4) is 0 Å². The molecule has 0 bridgehead atoms. The van der Waals surface area contributed by atoms with Crippen LogP contribution in [0.2, 0.25) is 0 Å². The summed E-state index contributed by atoms with van der Waals surface area (Å²) in [6.07, 6.45) is 0. The van der Waals surface area contributed by atoms with E-state index in [0.717, 1.165) is 0 Å². The molecule has 0 radical (unpaired) electrons. The molecule has 0 unspecified atom stereocenters. The summed E-state index contributed by atoms with van der Waals surface area (Å²) in [4.78, 5) is 6.34. The molecule has 2 aliphatic heterocycles. The number of thioether (sulfide) groups is 1. The first kappa shape index (κ1) is 19.2. The SMILES string of the molecule is c1ccc(N2c3ccccc3N(c3ccccc3)C23Sc2cccc4c5ccccc5n3c24)cc1. The lowest BCUT2D eigenvalue weighted by Crippen LogP contribution is -2.51. The Morgan fingerprint density at radius 2 is 1.03 bits per heavy atom. The number of anilines is 4. The maximum Gasteiger partial charge on any atom is 0.261 e. The first-order valence-electron chi connectivity index (χ1n) is 11.9. The Morgan fingerprint density at radius 3 is 1.69 bits per heavy atom. The lowest BCUT2D eigenvalue weighted by atomic mass is 10.1. The Morgan fingerprint density at radius 1 is 0.486 bits per heavy atom. The second-order valence-electron chi connectivity index (χ2n) is 9.01. The molecule has 0 N–H and O–H groups in total. The first-order valence-corrected chi connectivity index (χ1v) is 12.7. The number of benzene rings is 5. The third kappa shape index (κ3) is 2.37. The van der Waals surface area contributed by atoms with Gasteiger partial charge >= 0.3 is 0 Å². The fraction of sp³-hybridized carbons (Fsp3) is 0.0323. The fourth-order valence-corrected chi connectivity index (χ4v) is 7.49. The third-order valence-electron chi connectivity index (χ3n) is 7.17. The summed E-state index contributed by atoms with van der Waals surface area (Å²) in [6.45, 7) is 0. The number of fused-ring (bicyclic) bond motifs is 5. The molecule has 166 valence electrons. The molecule has 0 fully saturated rings. The monoisotopic (exact) mass is 467 g/mol. The topological polar surface area (TPSA) is 11.4 Å². The van der Waals surface area contributed by atoms with E-state index in [4.69, 9.17) is 0 Å². The molecule has 0 amide bonds. The molecule has 1 aromatic heterocycles. The molecule has 3 heterocycles. The molecule has 5 aromatic carbocycles. The zero-order chi connectivity index (χ0) is 23.0. The van der Waals surface area contributed by atoms with Crippen LogP contribution in [0.5, 0.6) is 0 Å². The van der Waals surface area contributed by atoms with Crippen LogP contribution in [0.15, 0.2) is 132 Å². The van der Waals surface area contributed by atoms with E-state index < -0.39 is 5.12 Å². The number of rotatable bonds is 2. The van der Waals surface area contributed by atoms with Crippen LogP contribution in [0.25, 0.3) is 21.8 Å². The highest BCUT2D eigenvalue weighted by atomic mass is 32.2. The van der Waals surface area contributed by atoms with Crippen LogP contribution >= 0.6 is 11.8 Å². The second kappa shape index (κ2) is 6.94. The number of para-hydroxylation sites is 6. The average Bonchev–Trinajstić information content (AvgIpc) is 3.54. The number of hydrogen-bond acceptors (Lipinski definition) is 3. The van der Waals surface area contributed by atoms with Crippen molar-refractivity contribution in [1.29, 1.82) is 0 Å². The van der Waals surface area contributed by atoms with Crippen LogP contribution in [-0.4, -0.2) is 4.57 Å². The lowest BCUT2D eigenvalue weighted by Gasteiger charge is -2.43. The van der Waals surface area contributed by atoms with Gasteiger partial charge in [0.05, 0.1) is 22.4 Å². The van der Waals surface area contributed by atoms with E-state index in [2.05, 4.69) is 142 Å². The molecule has 2 aliphatic rings. The summed E-state index contributed by atoms with van der Waals surface area (Å²) in [6, 6.07) is 45.9. The molecule has 0 aliphatic carbocycles. The van der Waals surface area contributed by atoms with Crippen molar-refractivity contribution in [3.63, 3.8) is 0 Å². The van der Waals surface area contributed by atoms with Crippen LogP contribution < -0.4 is 9.80 Å². The Labute approximate surface area is 207 Å². The van der Waals surface area contributed by atoms with Crippen molar-refractivity contribution in [2.45, 2.75) is 10.0 Å². The predicted molar refractivity (Wildman–Crippen MR) is 147 cm³/mol. The molecule has 4 heteroatoms. The van der Waals surface area contributed by atoms with Gasteiger partial charge in [0.2, 0.25) is 0 Å². The van der Waals surface area contributed by atoms with Gasteiger partial charge in [-0.2, -0.15) is 0 Å². The van der Waals surface area contributed by atoms with Gasteiger partial charge in [0.1, 0.15) is 0 Å². The molecular weight excluding hydrogens is 446 g/mol. The molecule has 1 spiro atoms. The molecule has 0 atom stereocenters. The molecule has 8 rings (SSSR count). The highest BCUT2D eigenvalue weighted by Gasteiger charge is 2.57. The van der Waals surface area contributed by atoms with E-state index >= 15 is 0 Å². The van der Waals surface area contributed by atoms with Crippen molar-refractivity contribution in [3.05, 3.63) is 127 Å². The predicted octanol–water partition coefficient (Wildman–Crippen LogP) is 8.46. The summed E-state index contributed by atoms with van der Waals surface area (Å²) in [5.41, 5.74) is 7.29. The van der Waals surface area contributed by atoms with Gasteiger partial charge in [0.25, 0.3) is 5.12 Å². The summed E-state index contributed by atoms with van der Waals surface area (Å²) in [5.74, 6) is 0. The molecule has 6 aromatic rings. The maximum atomic E-state index is 2.57. The van der Waals surface area contributed by atoms with Crippen molar-refractivity contribution in [2.75, 3.05) is 9.80 Å². The zero-order valence-corrected chi connectivity index (χ0v) is 19.7. The van der Waals surface area contributed by atoms with Crippen molar-refractivity contribution >= 4 is 56.3 Å². The zero-order valence-electron chi connectivity index (χ0n) is 18.9. The summed E-state index contributed by atoms with van der Waals surface area (Å²) in [5, 5.41) is 2.03. The Hall–Kier alpha value is -4.15. The largest absolute Gasteiger partial charge is 0.289 e. The van der Waals surface area contributed by atoms with E-state index in [0.29, 0.717) is 0 Å². The number of aromatic nitrogens is 1. The van der Waals surface area contributed by atoms with E-state index in [1.807, 2.05) is 11.8 Å². The maximum absolute atomic E-state index is 2.57. The standard InChI is InChI=1S/C31H21N3S/c1-3-12-22(13-4-1)32-27-19-9-10-20-28(27)33(23-14-5-2-6-15-23)31(32)34-26-18-8-7-16-24(26)25-17-11-21-29(35-31)30(25)34/h1-21H. The van der Waals surface area contributed by atoms with Crippen LogP contribution in [0.3, 0.4) is 0 Å². The van der Waals surface area contributed by atoms with Crippen LogP contribution in [0.1, 0.15) is 0 Å². The van der Waals surface area contributed by atoms with Gasteiger partial charge < -0.3 is 0 Å². The molecule has 3 nitrogen and oxygen atoms in total. The highest BCUT2D eigenvalue weighted by molar-refractivity contribution is 8.00. The molecule has 35 heavy (non-hydrogen) atoms. The summed E-state index contributed by atoms with van der Waals surface area (Å²) < 4.78 is 2.57. The van der Waals surface area contributed by atoms with Crippen LogP contribution in [0.4, 0.5) is 22.7 Å². The smallest absolute Gasteiger partial charge is 0.261 e. The minimum absolute atomic E-state index is 0.572. The lowest BCUT2D eigenvalue weighted by molar-refractivity contribution is 0.517. The summed E-state index contributed by atoms with van der Waals surface area (Å²) in [7, 11) is 0. The average molecular weight is 468 g/mol. The Balaban J connectivity index is 1.56. The third-order valence-corrected chi connectivity index (χ3v) is 8.54. The fourth-order valence-electron chi connectivity index (χ4n) is 5.88. The van der Waals surface area contributed by atoms with E-state index in [9.17, 15) is 0 Å². The number of nitrogens with zero attached hydrogens (tertiary/aromatic N) is 3. The first-order chi connectivity index (χ1) is 17.4. The second-order valence-corrected chi connectivity index (χ2v) is 10.2. The van der Waals surface area contributed by atoms with Gasteiger partial charge in [-0.05, 0) is 60.3 Å². The Kier molecular flexibility index (Phi) is 3.80.